The van der Waals surface area contributed by atoms with Gasteiger partial charge in [0.1, 0.15) is 17.6 Å². The average molecular weight is 399 g/mol. The number of phenols is 1. The summed E-state index contributed by atoms with van der Waals surface area (Å²) in [6, 6.07) is 9.80. The van der Waals surface area contributed by atoms with Gasteiger partial charge in [0, 0.05) is 23.1 Å². The lowest BCUT2D eigenvalue weighted by Gasteiger charge is -2.32. The second kappa shape index (κ2) is 7.83. The zero-order chi connectivity index (χ0) is 21.3. The molecule has 2 aromatic rings. The predicted octanol–water partition coefficient (Wildman–Crippen LogP) is 5.62. The number of carbonyl (C=O) groups is 1. The number of benzene rings is 2. The monoisotopic (exact) mass is 398 g/mol. The molecule has 0 unspecified atom stereocenters. The Labute approximate surface area is 177 Å². The molecule has 1 aliphatic carbocycles. The molecule has 3 heteroatoms. The molecule has 0 aromatic heterocycles. The van der Waals surface area contributed by atoms with Crippen LogP contribution in [0.15, 0.2) is 80.4 Å². The highest BCUT2D eigenvalue weighted by Gasteiger charge is 2.50. The number of hydrogen-bond acceptors (Lipinski definition) is 3. The molecule has 3 nitrogen and oxygen atoms in total. The van der Waals surface area contributed by atoms with Crippen molar-refractivity contribution in [1.82, 2.24) is 0 Å². The van der Waals surface area contributed by atoms with Crippen molar-refractivity contribution in [1.29, 1.82) is 0 Å². The van der Waals surface area contributed by atoms with Crippen molar-refractivity contribution in [3.63, 3.8) is 0 Å². The van der Waals surface area contributed by atoms with Gasteiger partial charge >= 0.3 is 0 Å². The first-order chi connectivity index (χ1) is 14.5. The van der Waals surface area contributed by atoms with Crippen molar-refractivity contribution in [3.05, 3.63) is 97.1 Å². The van der Waals surface area contributed by atoms with Crippen LogP contribution in [0, 0.1) is 0 Å². The minimum atomic E-state index is -0.425. The summed E-state index contributed by atoms with van der Waals surface area (Å²) < 4.78 is 6.43. The second-order valence-corrected chi connectivity index (χ2v) is 8.00. The van der Waals surface area contributed by atoms with Gasteiger partial charge in [-0.15, -0.1) is 19.7 Å². The molecule has 1 N–H and O–H groups in total. The van der Waals surface area contributed by atoms with Crippen LogP contribution in [-0.2, 0) is 23.1 Å². The molecule has 0 saturated heterocycles. The summed E-state index contributed by atoms with van der Waals surface area (Å²) in [6.07, 6.45) is 11.4. The summed E-state index contributed by atoms with van der Waals surface area (Å²) in [5.41, 5.74) is 4.33. The Balaban J connectivity index is 1.97. The highest BCUT2D eigenvalue weighted by atomic mass is 16.5. The van der Waals surface area contributed by atoms with Crippen LogP contribution in [0.25, 0.3) is 11.1 Å². The minimum absolute atomic E-state index is 0.0659. The minimum Gasteiger partial charge on any atom is -0.507 e. The molecule has 2 aromatic carbocycles. The van der Waals surface area contributed by atoms with E-state index in [9.17, 15) is 9.90 Å². The quantitative estimate of drug-likeness (QED) is 0.616. The molecule has 30 heavy (non-hydrogen) atoms. The summed E-state index contributed by atoms with van der Waals surface area (Å²) in [4.78, 5) is 12.1. The van der Waals surface area contributed by atoms with E-state index in [1.54, 1.807) is 12.1 Å². The van der Waals surface area contributed by atoms with E-state index in [2.05, 4.69) is 31.9 Å². The van der Waals surface area contributed by atoms with Crippen molar-refractivity contribution >= 4 is 5.78 Å². The number of carbonyl (C=O) groups excluding carboxylic acids is 1. The Hall–Kier alpha value is -3.33. The number of ether oxygens (including phenoxy) is 1. The van der Waals surface area contributed by atoms with Gasteiger partial charge in [-0.25, -0.2) is 0 Å². The van der Waals surface area contributed by atoms with E-state index in [4.69, 9.17) is 4.74 Å². The fourth-order valence-electron chi connectivity index (χ4n) is 4.62. The number of hydrogen-bond donors (Lipinski definition) is 1. The van der Waals surface area contributed by atoms with Gasteiger partial charge in [0.05, 0.1) is 5.41 Å². The molecule has 1 aliphatic heterocycles. The molecule has 0 fully saturated rings. The maximum Gasteiger partial charge on any atom is 0.159 e. The molecule has 0 amide bonds. The van der Waals surface area contributed by atoms with Crippen LogP contribution in [0.1, 0.15) is 29.5 Å². The molecule has 0 radical (unpaired) electrons. The van der Waals surface area contributed by atoms with Gasteiger partial charge in [0.2, 0.25) is 0 Å². The van der Waals surface area contributed by atoms with Gasteiger partial charge in [0.15, 0.2) is 5.78 Å². The summed E-state index contributed by atoms with van der Waals surface area (Å²) in [5.74, 6) is 1.000. The van der Waals surface area contributed by atoms with E-state index in [0.717, 1.165) is 33.6 Å². The standard InChI is InChI=1S/C27H26O3/c1-4-7-18-9-10-24(29)21(14-18)22-15-19(8-5-2)16-23-26(22)30-25-17-20(28)11-13-27(23,25)12-6-3/h4-6,9-11,13-16,25,29H,1-3,7-8,12,17H2/t25-,27-/m0/s1. The first-order valence-electron chi connectivity index (χ1n) is 10.2. The lowest BCUT2D eigenvalue weighted by Crippen LogP contribution is -2.40. The summed E-state index contributed by atoms with van der Waals surface area (Å²) in [6.45, 7) is 11.6. The maximum absolute atomic E-state index is 12.1. The molecule has 2 aliphatic rings. The molecular weight excluding hydrogens is 372 g/mol. The second-order valence-electron chi connectivity index (χ2n) is 8.00. The van der Waals surface area contributed by atoms with Gasteiger partial charge in [-0.2, -0.15) is 0 Å². The zero-order valence-corrected chi connectivity index (χ0v) is 17.1. The van der Waals surface area contributed by atoms with E-state index in [1.165, 1.54) is 0 Å². The lowest BCUT2D eigenvalue weighted by molar-refractivity contribution is -0.117. The van der Waals surface area contributed by atoms with E-state index in [0.29, 0.717) is 25.7 Å². The van der Waals surface area contributed by atoms with E-state index < -0.39 is 5.41 Å². The predicted molar refractivity (Wildman–Crippen MR) is 121 cm³/mol. The van der Waals surface area contributed by atoms with Crippen LogP contribution in [0.3, 0.4) is 0 Å². The lowest BCUT2D eigenvalue weighted by atomic mass is 9.69. The molecule has 1 heterocycles. The van der Waals surface area contributed by atoms with Crippen molar-refractivity contribution in [2.24, 2.45) is 0 Å². The largest absolute Gasteiger partial charge is 0.507 e. The SMILES string of the molecule is C=CCc1ccc(O)c(-c2cc(CC=C)cc3c2O[C@H]2CC(=O)C=C[C@@]32CC=C)c1. The molecule has 152 valence electrons. The van der Waals surface area contributed by atoms with Gasteiger partial charge in [-0.1, -0.05) is 36.4 Å². The highest BCUT2D eigenvalue weighted by molar-refractivity contribution is 5.93. The fourth-order valence-corrected chi connectivity index (χ4v) is 4.62. The topological polar surface area (TPSA) is 46.5 Å². The Kier molecular flexibility index (Phi) is 5.21. The van der Waals surface area contributed by atoms with Crippen LogP contribution < -0.4 is 4.74 Å². The summed E-state index contributed by atoms with van der Waals surface area (Å²) in [7, 11) is 0. The van der Waals surface area contributed by atoms with Gasteiger partial charge in [-0.3, -0.25) is 4.79 Å². The van der Waals surface area contributed by atoms with Crippen LogP contribution in [-0.4, -0.2) is 17.0 Å². The van der Waals surface area contributed by atoms with E-state index >= 15 is 0 Å². The van der Waals surface area contributed by atoms with Gasteiger partial charge in [-0.05, 0) is 54.7 Å². The number of allylic oxidation sites excluding steroid dienone is 4. The molecule has 0 spiro atoms. The normalized spacial score (nSPS) is 21.5. The van der Waals surface area contributed by atoms with Crippen LogP contribution in [0.2, 0.25) is 0 Å². The third kappa shape index (κ3) is 3.21. The van der Waals surface area contributed by atoms with Crippen LogP contribution in [0.4, 0.5) is 0 Å². The fraction of sp³-hybridized carbons (Fsp3) is 0.222. The number of fused-ring (bicyclic) bond motifs is 3. The average Bonchev–Trinajstić information content (AvgIpc) is 3.03. The van der Waals surface area contributed by atoms with Crippen LogP contribution in [0.5, 0.6) is 11.5 Å². The van der Waals surface area contributed by atoms with Crippen molar-refractivity contribution in [3.8, 4) is 22.6 Å². The van der Waals surface area contributed by atoms with Gasteiger partial charge < -0.3 is 9.84 Å². The Bertz CT molecular complexity index is 1080. The van der Waals surface area contributed by atoms with Crippen molar-refractivity contribution < 1.29 is 14.6 Å². The molecule has 0 saturated carbocycles. The highest BCUT2D eigenvalue weighted by Crippen LogP contribution is 2.54. The summed E-state index contributed by atoms with van der Waals surface area (Å²) >= 11 is 0. The Morgan fingerprint density at radius 3 is 2.50 bits per heavy atom. The van der Waals surface area contributed by atoms with Crippen molar-refractivity contribution in [2.75, 3.05) is 0 Å². The zero-order valence-electron chi connectivity index (χ0n) is 17.1. The van der Waals surface area contributed by atoms with Crippen molar-refractivity contribution in [2.45, 2.75) is 37.2 Å². The third-order valence-electron chi connectivity index (χ3n) is 6.03. The van der Waals surface area contributed by atoms with Gasteiger partial charge in [0.25, 0.3) is 0 Å². The van der Waals surface area contributed by atoms with E-state index in [-0.39, 0.29) is 17.6 Å². The first-order valence-corrected chi connectivity index (χ1v) is 10.2. The maximum atomic E-state index is 12.1. The van der Waals surface area contributed by atoms with E-state index in [1.807, 2.05) is 36.4 Å². The third-order valence-corrected chi connectivity index (χ3v) is 6.03. The number of phenolic OH excluding ortho intramolecular Hbond substituents is 1. The van der Waals surface area contributed by atoms with Crippen LogP contribution >= 0.6 is 0 Å². The molecular formula is C27H26O3. The number of rotatable bonds is 7. The molecule has 4 rings (SSSR count). The Morgan fingerprint density at radius 2 is 1.77 bits per heavy atom. The number of aromatic hydroxyl groups is 1. The number of ketones is 1. The molecule has 2 atom stereocenters. The summed E-state index contributed by atoms with van der Waals surface area (Å²) in [5, 5.41) is 10.7. The molecule has 0 bridgehead atoms. The smallest absolute Gasteiger partial charge is 0.159 e. The first kappa shape index (κ1) is 20.0. The Morgan fingerprint density at radius 1 is 1.03 bits per heavy atom.